The largest absolute Gasteiger partial charge is 0.382 e. The summed E-state index contributed by atoms with van der Waals surface area (Å²) in [5.74, 6) is 0. The van der Waals surface area contributed by atoms with E-state index in [1.165, 1.54) is 14.2 Å². The molecule has 0 amide bonds. The summed E-state index contributed by atoms with van der Waals surface area (Å²) in [6, 6.07) is 5.08. The van der Waals surface area contributed by atoms with Crippen LogP contribution in [0.4, 0.5) is 0 Å². The molecule has 1 unspecified atom stereocenters. The average Bonchev–Trinajstić information content (AvgIpc) is 2.34. The van der Waals surface area contributed by atoms with Crippen molar-refractivity contribution in [2.24, 2.45) is 0 Å². The highest BCUT2D eigenvalue weighted by Gasteiger charge is 2.19. The minimum atomic E-state index is -3.56. The van der Waals surface area contributed by atoms with Crippen LogP contribution in [0.15, 0.2) is 27.6 Å². The van der Waals surface area contributed by atoms with E-state index >= 15 is 0 Å². The Morgan fingerprint density at radius 3 is 2.58 bits per heavy atom. The molecule has 1 aromatic carbocycles. The molecule has 0 bridgehead atoms. The molecule has 0 aliphatic carbocycles. The molecule has 0 aliphatic rings. The van der Waals surface area contributed by atoms with E-state index in [-0.39, 0.29) is 17.5 Å². The lowest BCUT2D eigenvalue weighted by Gasteiger charge is -2.15. The van der Waals surface area contributed by atoms with Crippen LogP contribution in [0.3, 0.4) is 0 Å². The maximum Gasteiger partial charge on any atom is 0.241 e. The third-order valence-electron chi connectivity index (χ3n) is 2.56. The van der Waals surface area contributed by atoms with Crippen LogP contribution in [-0.4, -0.2) is 41.9 Å². The Morgan fingerprint density at radius 2 is 2.05 bits per heavy atom. The van der Waals surface area contributed by atoms with Crippen molar-refractivity contribution in [1.82, 2.24) is 4.72 Å². The molecule has 0 saturated heterocycles. The van der Waals surface area contributed by atoms with Crippen molar-refractivity contribution in [1.29, 1.82) is 0 Å². The normalized spacial score (nSPS) is 13.5. The van der Waals surface area contributed by atoms with Crippen molar-refractivity contribution in [3.63, 3.8) is 0 Å². The van der Waals surface area contributed by atoms with Crippen molar-refractivity contribution < 1.29 is 17.9 Å². The first-order valence-electron chi connectivity index (χ1n) is 5.68. The number of benzene rings is 1. The fraction of sp³-hybridized carbons (Fsp3) is 0.500. The number of hydrogen-bond donors (Lipinski definition) is 1. The number of halogens is 1. The summed E-state index contributed by atoms with van der Waals surface area (Å²) < 4.78 is 37.4. The fourth-order valence-corrected chi connectivity index (χ4v) is 3.76. The number of nitrogens with one attached hydrogen (secondary N) is 1. The third-order valence-corrected chi connectivity index (χ3v) is 4.96. The standard InChI is InChI=1S/C12H18BrNO4S/c1-9-4-5-12(11(13)6-9)19(15,16)14-7-10(18-3)8-17-2/h4-6,10,14H,7-8H2,1-3H3. The number of methoxy groups -OCH3 is 2. The summed E-state index contributed by atoms with van der Waals surface area (Å²) in [7, 11) is -0.511. The SMILES string of the molecule is COCC(CNS(=O)(=O)c1ccc(C)cc1Br)OC. The minimum Gasteiger partial charge on any atom is -0.382 e. The first kappa shape index (κ1) is 16.6. The quantitative estimate of drug-likeness (QED) is 0.811. The van der Waals surface area contributed by atoms with E-state index < -0.39 is 10.0 Å². The second kappa shape index (κ2) is 7.35. The number of rotatable bonds is 7. The van der Waals surface area contributed by atoms with Crippen molar-refractivity contribution in [2.45, 2.75) is 17.9 Å². The van der Waals surface area contributed by atoms with Gasteiger partial charge in [0, 0.05) is 25.2 Å². The Balaban J connectivity index is 2.81. The molecule has 0 fully saturated rings. The molecule has 0 heterocycles. The zero-order valence-corrected chi connectivity index (χ0v) is 13.5. The zero-order chi connectivity index (χ0) is 14.5. The molecule has 1 rings (SSSR count). The van der Waals surface area contributed by atoms with E-state index in [4.69, 9.17) is 9.47 Å². The molecular formula is C12H18BrNO4S. The second-order valence-corrected chi connectivity index (χ2v) is 6.69. The molecule has 7 heteroatoms. The summed E-state index contributed by atoms with van der Waals surface area (Å²) in [4.78, 5) is 0.213. The maximum absolute atomic E-state index is 12.2. The average molecular weight is 352 g/mol. The first-order valence-corrected chi connectivity index (χ1v) is 7.96. The molecule has 5 nitrogen and oxygen atoms in total. The van der Waals surface area contributed by atoms with Crippen molar-refractivity contribution in [2.75, 3.05) is 27.4 Å². The van der Waals surface area contributed by atoms with Gasteiger partial charge in [0.05, 0.1) is 17.6 Å². The summed E-state index contributed by atoms with van der Waals surface area (Å²) >= 11 is 3.26. The van der Waals surface area contributed by atoms with Crippen LogP contribution < -0.4 is 4.72 Å². The lowest BCUT2D eigenvalue weighted by atomic mass is 10.2. The van der Waals surface area contributed by atoms with Gasteiger partial charge in [-0.05, 0) is 40.5 Å². The van der Waals surface area contributed by atoms with E-state index in [9.17, 15) is 8.42 Å². The van der Waals surface area contributed by atoms with Crippen molar-refractivity contribution in [3.05, 3.63) is 28.2 Å². The Morgan fingerprint density at radius 1 is 1.37 bits per heavy atom. The number of ether oxygens (including phenoxy) is 2. The summed E-state index contributed by atoms with van der Waals surface area (Å²) in [6.07, 6.45) is -0.316. The van der Waals surface area contributed by atoms with Crippen molar-refractivity contribution >= 4 is 26.0 Å². The van der Waals surface area contributed by atoms with Crippen LogP contribution in [0.2, 0.25) is 0 Å². The smallest absolute Gasteiger partial charge is 0.241 e. The zero-order valence-electron chi connectivity index (χ0n) is 11.1. The molecule has 0 saturated carbocycles. The van der Waals surface area contributed by atoms with Crippen molar-refractivity contribution in [3.8, 4) is 0 Å². The topological polar surface area (TPSA) is 64.6 Å². The Bertz CT molecular complexity index is 518. The van der Waals surface area contributed by atoms with Crippen LogP contribution in [0, 0.1) is 6.92 Å². The summed E-state index contributed by atoms with van der Waals surface area (Å²) in [5, 5.41) is 0. The second-order valence-electron chi connectivity index (χ2n) is 4.10. The highest BCUT2D eigenvalue weighted by molar-refractivity contribution is 9.10. The van der Waals surface area contributed by atoms with E-state index in [2.05, 4.69) is 20.7 Å². The molecular weight excluding hydrogens is 334 g/mol. The summed E-state index contributed by atoms with van der Waals surface area (Å²) in [6.45, 7) is 2.38. The molecule has 1 N–H and O–H groups in total. The van der Waals surface area contributed by atoms with Crippen LogP contribution in [0.5, 0.6) is 0 Å². The Hall–Kier alpha value is -0.470. The highest BCUT2D eigenvalue weighted by Crippen LogP contribution is 2.22. The Labute approximate surface area is 122 Å². The molecule has 19 heavy (non-hydrogen) atoms. The number of hydrogen-bond acceptors (Lipinski definition) is 4. The highest BCUT2D eigenvalue weighted by atomic mass is 79.9. The molecule has 108 valence electrons. The maximum atomic E-state index is 12.2. The van der Waals surface area contributed by atoms with Gasteiger partial charge in [-0.2, -0.15) is 0 Å². The van der Waals surface area contributed by atoms with Gasteiger partial charge in [0.15, 0.2) is 0 Å². The monoisotopic (exact) mass is 351 g/mol. The lowest BCUT2D eigenvalue weighted by molar-refractivity contribution is 0.0320. The number of aryl methyl sites for hydroxylation is 1. The number of sulfonamides is 1. The predicted octanol–water partition coefficient (Wildman–Crippen LogP) is 1.70. The fourth-order valence-electron chi connectivity index (χ4n) is 1.50. The van der Waals surface area contributed by atoms with E-state index in [1.54, 1.807) is 18.2 Å². The van der Waals surface area contributed by atoms with E-state index in [1.807, 2.05) is 6.92 Å². The molecule has 1 aromatic rings. The van der Waals surface area contributed by atoms with Crippen LogP contribution in [-0.2, 0) is 19.5 Å². The van der Waals surface area contributed by atoms with Crippen LogP contribution in [0.25, 0.3) is 0 Å². The third kappa shape index (κ3) is 4.85. The van der Waals surface area contributed by atoms with E-state index in [0.29, 0.717) is 11.1 Å². The van der Waals surface area contributed by atoms with Gasteiger partial charge in [-0.25, -0.2) is 13.1 Å². The van der Waals surface area contributed by atoms with Gasteiger partial charge in [-0.15, -0.1) is 0 Å². The van der Waals surface area contributed by atoms with Gasteiger partial charge in [0.1, 0.15) is 0 Å². The molecule has 0 aliphatic heterocycles. The Kier molecular flexibility index (Phi) is 6.41. The van der Waals surface area contributed by atoms with E-state index in [0.717, 1.165) is 5.56 Å². The molecule has 1 atom stereocenters. The lowest BCUT2D eigenvalue weighted by Crippen LogP contribution is -2.35. The van der Waals surface area contributed by atoms with Gasteiger partial charge in [-0.1, -0.05) is 6.07 Å². The summed E-state index contributed by atoms with van der Waals surface area (Å²) in [5.41, 5.74) is 0.986. The van der Waals surface area contributed by atoms with Crippen LogP contribution in [0.1, 0.15) is 5.56 Å². The minimum absolute atomic E-state index is 0.160. The molecule has 0 aromatic heterocycles. The van der Waals surface area contributed by atoms with Gasteiger partial charge in [0.2, 0.25) is 10.0 Å². The van der Waals surface area contributed by atoms with Crippen LogP contribution >= 0.6 is 15.9 Å². The van der Waals surface area contributed by atoms with Gasteiger partial charge < -0.3 is 9.47 Å². The predicted molar refractivity (Wildman–Crippen MR) is 76.7 cm³/mol. The van der Waals surface area contributed by atoms with Gasteiger partial charge in [-0.3, -0.25) is 0 Å². The molecule has 0 radical (unpaired) electrons. The van der Waals surface area contributed by atoms with Gasteiger partial charge >= 0.3 is 0 Å². The molecule has 0 spiro atoms. The van der Waals surface area contributed by atoms with Gasteiger partial charge in [0.25, 0.3) is 0 Å². The first-order chi connectivity index (χ1) is 8.90.